The normalized spacial score (nSPS) is 18.4. The maximum absolute atomic E-state index is 12.3. The highest BCUT2D eigenvalue weighted by Gasteiger charge is 2.24. The number of amides is 2. The molecular formula is C20H28ClN3O3. The Morgan fingerprint density at radius 1 is 0.963 bits per heavy atom. The van der Waals surface area contributed by atoms with Crippen LogP contribution in [0.5, 0.6) is 0 Å². The van der Waals surface area contributed by atoms with Gasteiger partial charge in [-0.25, -0.2) is 0 Å². The summed E-state index contributed by atoms with van der Waals surface area (Å²) in [6, 6.07) is 8.09. The van der Waals surface area contributed by atoms with Crippen molar-refractivity contribution in [3.05, 3.63) is 41.5 Å². The molecule has 0 spiro atoms. The van der Waals surface area contributed by atoms with Crippen LogP contribution in [0.3, 0.4) is 0 Å². The molecule has 2 aliphatic rings. The first-order valence-electron chi connectivity index (χ1n) is 9.23. The van der Waals surface area contributed by atoms with Crippen LogP contribution >= 0.6 is 12.4 Å². The van der Waals surface area contributed by atoms with Gasteiger partial charge in [0, 0.05) is 45.3 Å². The second kappa shape index (κ2) is 10.4. The van der Waals surface area contributed by atoms with E-state index in [-0.39, 0.29) is 24.2 Å². The molecule has 2 aliphatic heterocycles. The minimum Gasteiger partial charge on any atom is -0.378 e. The quantitative estimate of drug-likeness (QED) is 0.726. The summed E-state index contributed by atoms with van der Waals surface area (Å²) in [5.41, 5.74) is 2.23. The molecule has 2 amide bonds. The average molecular weight is 394 g/mol. The molecule has 0 N–H and O–H groups in total. The van der Waals surface area contributed by atoms with Crippen molar-refractivity contribution in [3.8, 4) is 0 Å². The van der Waals surface area contributed by atoms with Gasteiger partial charge in [0.2, 0.25) is 11.8 Å². The van der Waals surface area contributed by atoms with Crippen molar-refractivity contribution >= 4 is 30.3 Å². The summed E-state index contributed by atoms with van der Waals surface area (Å²) in [5.74, 6) is 0.192. The highest BCUT2D eigenvalue weighted by molar-refractivity contribution is 5.91. The van der Waals surface area contributed by atoms with Crippen molar-refractivity contribution < 1.29 is 14.3 Å². The van der Waals surface area contributed by atoms with Gasteiger partial charge in [-0.2, -0.15) is 0 Å². The molecule has 3 rings (SSSR count). The van der Waals surface area contributed by atoms with Gasteiger partial charge in [0.05, 0.1) is 19.8 Å². The number of piperazine rings is 1. The van der Waals surface area contributed by atoms with E-state index in [1.807, 2.05) is 47.1 Å². The molecule has 0 radical (unpaired) electrons. The molecule has 2 saturated heterocycles. The van der Waals surface area contributed by atoms with Gasteiger partial charge in [0.1, 0.15) is 0 Å². The van der Waals surface area contributed by atoms with Gasteiger partial charge in [0.25, 0.3) is 0 Å². The fraction of sp³-hybridized carbons (Fsp3) is 0.500. The predicted molar refractivity (Wildman–Crippen MR) is 108 cm³/mol. The smallest absolute Gasteiger partial charge is 0.246 e. The largest absolute Gasteiger partial charge is 0.378 e. The van der Waals surface area contributed by atoms with Crippen molar-refractivity contribution in [2.45, 2.75) is 6.92 Å². The summed E-state index contributed by atoms with van der Waals surface area (Å²) < 4.78 is 5.28. The van der Waals surface area contributed by atoms with E-state index in [1.165, 1.54) is 5.56 Å². The van der Waals surface area contributed by atoms with E-state index < -0.39 is 0 Å². The van der Waals surface area contributed by atoms with Gasteiger partial charge >= 0.3 is 0 Å². The Morgan fingerprint density at radius 2 is 1.59 bits per heavy atom. The zero-order chi connectivity index (χ0) is 18.4. The Hall–Kier alpha value is -1.89. The molecule has 148 valence electrons. The molecule has 0 unspecified atom stereocenters. The summed E-state index contributed by atoms with van der Waals surface area (Å²) >= 11 is 0. The Kier molecular flexibility index (Phi) is 8.28. The molecule has 0 aliphatic carbocycles. The Bertz CT molecular complexity index is 649. The molecule has 0 bridgehead atoms. The van der Waals surface area contributed by atoms with E-state index in [1.54, 1.807) is 6.08 Å². The van der Waals surface area contributed by atoms with Gasteiger partial charge < -0.3 is 14.5 Å². The highest BCUT2D eigenvalue weighted by atomic mass is 35.5. The number of ether oxygens (including phenoxy) is 1. The molecule has 7 heteroatoms. The van der Waals surface area contributed by atoms with Crippen molar-refractivity contribution in [3.63, 3.8) is 0 Å². The number of morpholine rings is 1. The molecule has 0 aromatic heterocycles. The van der Waals surface area contributed by atoms with Crippen LogP contribution in [0.1, 0.15) is 11.1 Å². The lowest BCUT2D eigenvalue weighted by Crippen LogP contribution is -2.52. The van der Waals surface area contributed by atoms with Gasteiger partial charge in [-0.3, -0.25) is 14.5 Å². The SMILES string of the molecule is Cc1ccc(C=CC(=O)N2CCN(CC(=O)N3CCOCC3)CC2)cc1.Cl. The summed E-state index contributed by atoms with van der Waals surface area (Å²) in [7, 11) is 0. The standard InChI is InChI=1S/C20H27N3O3.ClH/c1-17-2-4-18(5-3-17)6-7-19(24)22-10-8-21(9-11-22)16-20(25)23-12-14-26-15-13-23;/h2-7H,8-16H2,1H3;1H. The lowest BCUT2D eigenvalue weighted by Gasteiger charge is -2.35. The first-order valence-corrected chi connectivity index (χ1v) is 9.23. The maximum Gasteiger partial charge on any atom is 0.246 e. The minimum absolute atomic E-state index is 0. The fourth-order valence-corrected chi connectivity index (χ4v) is 3.18. The summed E-state index contributed by atoms with van der Waals surface area (Å²) in [5, 5.41) is 0. The van der Waals surface area contributed by atoms with E-state index in [0.29, 0.717) is 45.9 Å². The monoisotopic (exact) mass is 393 g/mol. The zero-order valence-electron chi connectivity index (χ0n) is 15.8. The van der Waals surface area contributed by atoms with Crippen LogP contribution in [0, 0.1) is 6.92 Å². The van der Waals surface area contributed by atoms with Crippen LogP contribution in [-0.2, 0) is 14.3 Å². The molecule has 1 aromatic carbocycles. The molecule has 1 aromatic rings. The lowest BCUT2D eigenvalue weighted by molar-refractivity contribution is -0.137. The number of aryl methyl sites for hydroxylation is 1. The van der Waals surface area contributed by atoms with Crippen LogP contribution in [0.15, 0.2) is 30.3 Å². The molecule has 27 heavy (non-hydrogen) atoms. The van der Waals surface area contributed by atoms with Crippen molar-refractivity contribution in [2.75, 3.05) is 59.0 Å². The van der Waals surface area contributed by atoms with Crippen LogP contribution in [0.25, 0.3) is 6.08 Å². The number of benzene rings is 1. The Labute approximate surface area is 167 Å². The van der Waals surface area contributed by atoms with Crippen LogP contribution in [0.4, 0.5) is 0 Å². The Morgan fingerprint density at radius 3 is 2.22 bits per heavy atom. The molecule has 2 heterocycles. The summed E-state index contributed by atoms with van der Waals surface area (Å²) in [4.78, 5) is 30.5. The third kappa shape index (κ3) is 6.34. The van der Waals surface area contributed by atoms with Crippen LogP contribution < -0.4 is 0 Å². The number of halogens is 1. The predicted octanol–water partition coefficient (Wildman–Crippen LogP) is 1.43. The van der Waals surface area contributed by atoms with E-state index >= 15 is 0 Å². The van der Waals surface area contributed by atoms with E-state index in [2.05, 4.69) is 4.90 Å². The Balaban J connectivity index is 0.00000261. The van der Waals surface area contributed by atoms with Gasteiger partial charge in [0.15, 0.2) is 0 Å². The van der Waals surface area contributed by atoms with Gasteiger partial charge in [-0.15, -0.1) is 12.4 Å². The van der Waals surface area contributed by atoms with Crippen molar-refractivity contribution in [1.29, 1.82) is 0 Å². The first-order chi connectivity index (χ1) is 12.6. The van der Waals surface area contributed by atoms with Crippen LogP contribution in [-0.4, -0.2) is 85.5 Å². The van der Waals surface area contributed by atoms with Crippen LogP contribution in [0.2, 0.25) is 0 Å². The van der Waals surface area contributed by atoms with Crippen molar-refractivity contribution in [2.24, 2.45) is 0 Å². The number of carbonyl (C=O) groups excluding carboxylic acids is 2. The van der Waals surface area contributed by atoms with Crippen molar-refractivity contribution in [1.82, 2.24) is 14.7 Å². The summed E-state index contributed by atoms with van der Waals surface area (Å²) in [6.45, 7) is 7.88. The number of carbonyl (C=O) groups is 2. The second-order valence-electron chi connectivity index (χ2n) is 6.84. The number of hydrogen-bond acceptors (Lipinski definition) is 4. The first kappa shape index (κ1) is 21.4. The van der Waals surface area contributed by atoms with Gasteiger partial charge in [-0.1, -0.05) is 29.8 Å². The average Bonchev–Trinajstić information content (AvgIpc) is 2.68. The van der Waals surface area contributed by atoms with E-state index in [9.17, 15) is 9.59 Å². The third-order valence-corrected chi connectivity index (χ3v) is 4.90. The maximum atomic E-state index is 12.3. The van der Waals surface area contributed by atoms with Gasteiger partial charge in [-0.05, 0) is 18.6 Å². The van der Waals surface area contributed by atoms with E-state index in [0.717, 1.165) is 18.7 Å². The fourth-order valence-electron chi connectivity index (χ4n) is 3.18. The number of rotatable bonds is 4. The number of nitrogens with zero attached hydrogens (tertiary/aromatic N) is 3. The minimum atomic E-state index is 0. The van der Waals surface area contributed by atoms with E-state index in [4.69, 9.17) is 4.74 Å². The topological polar surface area (TPSA) is 53.1 Å². The zero-order valence-corrected chi connectivity index (χ0v) is 16.6. The molecular weight excluding hydrogens is 366 g/mol. The highest BCUT2D eigenvalue weighted by Crippen LogP contribution is 2.08. The third-order valence-electron chi connectivity index (χ3n) is 4.90. The summed E-state index contributed by atoms with van der Waals surface area (Å²) in [6.07, 6.45) is 3.50. The lowest BCUT2D eigenvalue weighted by atomic mass is 10.1. The molecule has 0 saturated carbocycles. The number of hydrogen-bond donors (Lipinski definition) is 0. The molecule has 2 fully saturated rings. The molecule has 6 nitrogen and oxygen atoms in total. The molecule has 0 atom stereocenters. The second-order valence-corrected chi connectivity index (χ2v) is 6.84.